The Morgan fingerprint density at radius 3 is 1.21 bits per heavy atom. The molecule has 0 radical (unpaired) electrons. The summed E-state index contributed by atoms with van der Waals surface area (Å²) in [5.74, 6) is -4.01. The summed E-state index contributed by atoms with van der Waals surface area (Å²) in [6.45, 7) is 11.0. The fourth-order valence-corrected chi connectivity index (χ4v) is 21.7. The molecule has 0 spiro atoms. The molecule has 0 atom stereocenters. The SMILES string of the molecule is Cc1cc(CNC2CCC(CN)(c3cccc(Cl)c3)CC2)nn1C.NCC1(c2cc(F)c(F)cc2F)CCC(N2CCn3c(nnc3C(F)(F)F)C2)CC1.NCC1(c2cccc(Cl)c2)CCC(NC2CCOCC2)CC1.NCC1(c2cccc(Cl)c2)CCC(NCCCN2C(=O)CCC2=O)CC1.NCC1(c2cccc(Cl)c2)CCC(NCCCN2C(=O)CCC2=O)CC1. The van der Waals surface area contributed by atoms with E-state index < -0.39 is 34.9 Å². The zero-order valence-corrected chi connectivity index (χ0v) is 77.1. The Morgan fingerprint density at radius 1 is 0.461 bits per heavy atom. The molecule has 2 aromatic heterocycles. The van der Waals surface area contributed by atoms with Gasteiger partial charge in [-0.25, -0.2) is 13.2 Å². The van der Waals surface area contributed by atoms with E-state index in [-0.39, 0.29) is 82.4 Å². The number of amides is 4. The summed E-state index contributed by atoms with van der Waals surface area (Å²) in [4.78, 5) is 51.3. The number of nitrogens with zero attached hydrogens (tertiary/aromatic N) is 8. The van der Waals surface area contributed by atoms with E-state index in [0.29, 0.717) is 133 Å². The average molecular weight is 1860 g/mol. The summed E-state index contributed by atoms with van der Waals surface area (Å²) in [7, 11) is 1.99. The Kier molecular flexibility index (Phi) is 36.0. The van der Waals surface area contributed by atoms with Gasteiger partial charge in [-0.15, -0.1) is 10.2 Å². The lowest BCUT2D eigenvalue weighted by Crippen LogP contribution is -2.48. The number of likely N-dealkylation sites (tertiary alicyclic amines) is 2. The van der Waals surface area contributed by atoms with Crippen LogP contribution in [0.3, 0.4) is 0 Å². The predicted molar refractivity (Wildman–Crippen MR) is 491 cm³/mol. The molecule has 0 bridgehead atoms. The Hall–Kier alpha value is -6.97. The summed E-state index contributed by atoms with van der Waals surface area (Å²) < 4.78 is 88.9. The van der Waals surface area contributed by atoms with E-state index in [1.54, 1.807) is 0 Å². The van der Waals surface area contributed by atoms with Crippen LogP contribution in [0.25, 0.3) is 0 Å². The smallest absolute Gasteiger partial charge is 0.381 e. The van der Waals surface area contributed by atoms with Crippen molar-refractivity contribution in [3.8, 4) is 0 Å². The maximum absolute atomic E-state index is 14.4. The second-order valence-corrected chi connectivity index (χ2v) is 38.7. The van der Waals surface area contributed by atoms with Gasteiger partial charge in [0, 0.05) is 207 Å². The van der Waals surface area contributed by atoms with Gasteiger partial charge < -0.3 is 59.2 Å². The van der Waals surface area contributed by atoms with Crippen LogP contribution in [0.2, 0.25) is 20.1 Å². The molecule has 8 fully saturated rings. The molecule has 5 saturated carbocycles. The minimum Gasteiger partial charge on any atom is -0.381 e. The van der Waals surface area contributed by atoms with Crippen LogP contribution in [0.1, 0.15) is 231 Å². The number of imide groups is 2. The van der Waals surface area contributed by atoms with Crippen molar-refractivity contribution >= 4 is 70.0 Å². The number of nitrogens with one attached hydrogen (secondary N) is 4. The largest absolute Gasteiger partial charge is 0.451 e. The van der Waals surface area contributed by atoms with Crippen molar-refractivity contribution < 1.29 is 50.3 Å². The molecule has 0 unspecified atom stereocenters. The molecule has 16 rings (SSSR count). The van der Waals surface area contributed by atoms with Gasteiger partial charge in [-0.05, 0) is 263 Å². The first-order valence-electron chi connectivity index (χ1n) is 46.1. The molecular weight excluding hydrogens is 1730 g/mol. The first-order chi connectivity index (χ1) is 61.5. The van der Waals surface area contributed by atoms with Gasteiger partial charge in [0.25, 0.3) is 0 Å². The molecule has 3 saturated heterocycles. The standard InChI is InChI=1S/2C20H28ClN3O2.C19H27ClN4.C19H21F6N5.C18H27ClN2O/c2*21-16-4-1-3-15(13-16)20(14-22)9-7-17(8-10-20)23-11-2-12-24-18(25)5-6-19(24)26;1-14-10-18(23-24(14)2)12-22-17-6-8-19(13-21,9-7-17)15-4-3-5-16(20)11-15;20-13-8-15(22)14(21)7-12(13)18(10-26)3-1-11(2-4-18)29-5-6-30-16(9-29)27-28-17(30)19(23,24)25;19-15-3-1-2-14(12-15)18(13-20)8-4-16(5-9-18)21-17-6-10-22-11-7-17/h2*1,3-4,13,17,23H,2,5-12,14,22H2;3-5,10-11,17,22H,6-9,12-13,21H2,1-2H3;7-8,11H,1-6,9-10,26H2;1-3,12,16-17,21H,4-11,13,20H2. The number of nitrogens with two attached hydrogens (primary N) is 5. The number of alkyl halides is 3. The third-order valence-electron chi connectivity index (χ3n) is 29.2. The van der Waals surface area contributed by atoms with Crippen LogP contribution >= 0.6 is 46.4 Å². The Labute approximate surface area is 770 Å². The van der Waals surface area contributed by atoms with Gasteiger partial charge in [0.05, 0.1) is 12.2 Å². The summed E-state index contributed by atoms with van der Waals surface area (Å²) in [6, 6.07) is 39.0. The molecule has 7 aromatic rings. The van der Waals surface area contributed by atoms with Gasteiger partial charge >= 0.3 is 6.18 Å². The second kappa shape index (κ2) is 46.1. The number of halogens is 10. The predicted octanol–water partition coefficient (Wildman–Crippen LogP) is 15.1. The lowest BCUT2D eigenvalue weighted by Gasteiger charge is -2.44. The highest BCUT2D eigenvalue weighted by Crippen LogP contribution is 2.47. The Morgan fingerprint density at radius 2 is 0.836 bits per heavy atom. The highest BCUT2D eigenvalue weighted by Gasteiger charge is 2.46. The average Bonchev–Trinajstić information content (AvgIpc) is 1.44. The van der Waals surface area contributed by atoms with Crippen molar-refractivity contribution in [1.29, 1.82) is 0 Å². The number of carbonyl (C=O) groups is 4. The lowest BCUT2D eigenvalue weighted by molar-refractivity contribution is -0.148. The summed E-state index contributed by atoms with van der Waals surface area (Å²) >= 11 is 24.7. The minimum atomic E-state index is -4.55. The van der Waals surface area contributed by atoms with E-state index in [4.69, 9.17) is 79.8 Å². The molecule has 14 N–H and O–H groups in total. The normalized spacial score (nSPS) is 26.5. The monoisotopic (exact) mass is 1860 g/mol. The van der Waals surface area contributed by atoms with Crippen LogP contribution in [0.15, 0.2) is 115 Å². The second-order valence-electron chi connectivity index (χ2n) is 36.9. The molecule has 22 nitrogen and oxygen atoms in total. The number of hydrogen-bond donors (Lipinski definition) is 9. The third kappa shape index (κ3) is 25.5. The number of fused-ring (bicyclic) bond motifs is 1. The molecule has 4 aliphatic heterocycles. The quantitative estimate of drug-likeness (QED) is 0.0105. The molecule has 32 heteroatoms. The van der Waals surface area contributed by atoms with Crippen molar-refractivity contribution in [2.24, 2.45) is 35.7 Å². The lowest BCUT2D eigenvalue weighted by atomic mass is 9.67. The molecule has 5 aliphatic carbocycles. The first-order valence-corrected chi connectivity index (χ1v) is 47.6. The molecular formula is C96H131Cl4F6N17O5. The topological polar surface area (TPSA) is 314 Å². The van der Waals surface area contributed by atoms with Gasteiger partial charge in [-0.2, -0.15) is 18.3 Å². The minimum absolute atomic E-state index is 0.0253. The van der Waals surface area contributed by atoms with Crippen LogP contribution in [-0.4, -0.2) is 178 Å². The summed E-state index contributed by atoms with van der Waals surface area (Å²) in [6.07, 6.45) is 20.6. The summed E-state index contributed by atoms with van der Waals surface area (Å²) in [5, 5.41) is 29.3. The van der Waals surface area contributed by atoms with Crippen molar-refractivity contribution in [2.45, 2.75) is 276 Å². The van der Waals surface area contributed by atoms with Crippen molar-refractivity contribution in [1.82, 2.24) is 60.5 Å². The van der Waals surface area contributed by atoms with Crippen molar-refractivity contribution in [2.75, 3.05) is 78.7 Å². The molecule has 4 amide bonds. The zero-order valence-electron chi connectivity index (χ0n) is 74.1. The number of benzene rings is 5. The van der Waals surface area contributed by atoms with Crippen LogP contribution in [0.5, 0.6) is 0 Å². The first kappa shape index (κ1) is 100. The van der Waals surface area contributed by atoms with Gasteiger partial charge in [-0.3, -0.25) is 38.6 Å². The number of ether oxygens (including phenoxy) is 1. The third-order valence-corrected chi connectivity index (χ3v) is 30.2. The number of aromatic nitrogens is 5. The van der Waals surface area contributed by atoms with E-state index in [1.807, 2.05) is 77.3 Å². The van der Waals surface area contributed by atoms with E-state index in [9.17, 15) is 45.5 Å². The molecule has 9 aliphatic rings. The Bertz CT molecular complexity index is 4620. The van der Waals surface area contributed by atoms with Crippen molar-refractivity contribution in [3.05, 3.63) is 204 Å². The van der Waals surface area contributed by atoms with Gasteiger partial charge in [0.1, 0.15) is 11.6 Å². The van der Waals surface area contributed by atoms with Crippen molar-refractivity contribution in [3.63, 3.8) is 0 Å². The molecule has 128 heavy (non-hydrogen) atoms. The fourth-order valence-electron chi connectivity index (χ4n) is 20.9. The highest BCUT2D eigenvalue weighted by molar-refractivity contribution is 6.31. The zero-order chi connectivity index (χ0) is 91.4. The number of carbonyl (C=O) groups excluding carboxylic acids is 4. The van der Waals surface area contributed by atoms with Gasteiger partial charge in [-0.1, -0.05) is 94.9 Å². The molecule has 700 valence electrons. The van der Waals surface area contributed by atoms with Gasteiger partial charge in [0.15, 0.2) is 11.6 Å². The highest BCUT2D eigenvalue weighted by atomic mass is 35.5. The number of hydrogen-bond acceptors (Lipinski definition) is 18. The maximum atomic E-state index is 14.4. The van der Waals surface area contributed by atoms with Crippen LogP contribution in [0.4, 0.5) is 26.3 Å². The van der Waals surface area contributed by atoms with Crippen LogP contribution in [-0.2, 0) is 83.8 Å². The van der Waals surface area contributed by atoms with E-state index in [2.05, 4.69) is 86.0 Å². The fraction of sp³-hybridized carbons (Fsp3) is 0.594. The molecule has 6 heterocycles. The van der Waals surface area contributed by atoms with Crippen LogP contribution in [0, 0.1) is 24.4 Å². The van der Waals surface area contributed by atoms with Crippen LogP contribution < -0.4 is 49.9 Å². The van der Waals surface area contributed by atoms with E-state index in [1.165, 1.54) is 50.6 Å². The van der Waals surface area contributed by atoms with E-state index in [0.717, 1.165) is 185 Å². The Balaban J connectivity index is 0.000000146. The molecule has 5 aromatic carbocycles. The maximum Gasteiger partial charge on any atom is 0.451 e. The van der Waals surface area contributed by atoms with Gasteiger partial charge in [0.2, 0.25) is 29.5 Å². The van der Waals surface area contributed by atoms with E-state index >= 15 is 0 Å². The number of rotatable bonds is 26. The number of aryl methyl sites for hydroxylation is 2. The summed E-state index contributed by atoms with van der Waals surface area (Å²) in [5.41, 5.74) is 37.5.